The number of imide groups is 1. The highest BCUT2D eigenvalue weighted by molar-refractivity contribution is 8.18. The summed E-state index contributed by atoms with van der Waals surface area (Å²) in [5.41, 5.74) is 1.67. The zero-order valence-corrected chi connectivity index (χ0v) is 16.9. The number of amides is 2. The Labute approximate surface area is 176 Å². The van der Waals surface area contributed by atoms with Crippen molar-refractivity contribution >= 4 is 46.7 Å². The van der Waals surface area contributed by atoms with Gasteiger partial charge in [-0.1, -0.05) is 24.3 Å². The minimum absolute atomic E-state index is 0.357. The minimum atomic E-state index is -0.634. The van der Waals surface area contributed by atoms with Crippen molar-refractivity contribution in [3.63, 3.8) is 0 Å². The molecule has 0 unspecified atom stereocenters. The van der Waals surface area contributed by atoms with Crippen LogP contribution in [0.25, 0.3) is 6.08 Å². The van der Waals surface area contributed by atoms with Gasteiger partial charge >= 0.3 is 5.97 Å². The minimum Gasteiger partial charge on any atom is -0.468 e. The summed E-state index contributed by atoms with van der Waals surface area (Å²) in [6, 6.07) is 13.7. The molecule has 1 aliphatic rings. The van der Waals surface area contributed by atoms with Crippen molar-refractivity contribution in [2.24, 2.45) is 0 Å². The third-order valence-corrected chi connectivity index (χ3v) is 5.11. The summed E-state index contributed by atoms with van der Waals surface area (Å²) in [5, 5.41) is 1.84. The van der Waals surface area contributed by atoms with Gasteiger partial charge in [-0.05, 0) is 71.4 Å². The first kappa shape index (κ1) is 20.9. The number of esters is 1. The van der Waals surface area contributed by atoms with Crippen LogP contribution in [0.4, 0.5) is 4.79 Å². The predicted molar refractivity (Wildman–Crippen MR) is 111 cm³/mol. The maximum Gasteiger partial charge on any atom is 0.324 e. The molecule has 0 aliphatic carbocycles. The molecule has 1 heterocycles. The average molecular weight is 433 g/mol. The highest BCUT2D eigenvalue weighted by Gasteiger charge is 2.24. The van der Waals surface area contributed by atoms with Crippen molar-refractivity contribution < 1.29 is 23.9 Å². The van der Waals surface area contributed by atoms with E-state index in [0.29, 0.717) is 22.8 Å². The normalized spacial score (nSPS) is 15.9. The number of rotatable bonds is 7. The zero-order valence-electron chi connectivity index (χ0n) is 15.3. The molecule has 1 aliphatic heterocycles. The van der Waals surface area contributed by atoms with E-state index in [1.807, 2.05) is 12.1 Å². The Bertz CT molecular complexity index is 944. The van der Waals surface area contributed by atoms with E-state index in [0.717, 1.165) is 22.9 Å². The third-order valence-electron chi connectivity index (χ3n) is 4.04. The number of carbonyl (C=O) groups is 3. The zero-order chi connectivity index (χ0) is 20.8. The number of nitrogens with one attached hydrogen (secondary N) is 2. The molecular formula is C20H17ClN2O5S. The molecule has 1 fully saturated rings. The molecule has 29 heavy (non-hydrogen) atoms. The monoisotopic (exact) mass is 432 g/mol. The lowest BCUT2D eigenvalue weighted by atomic mass is 10.1. The second-order valence-corrected chi connectivity index (χ2v) is 7.29. The lowest BCUT2D eigenvalue weighted by molar-refractivity contribution is -0.142. The van der Waals surface area contributed by atoms with Crippen LogP contribution in [0.2, 0.25) is 0 Å². The molecule has 0 aromatic heterocycles. The summed E-state index contributed by atoms with van der Waals surface area (Å²) >= 11 is 6.47. The molecule has 0 saturated carbocycles. The molecule has 1 atom stereocenters. The molecule has 2 aromatic carbocycles. The SMILES string of the molecule is COC(=O)[C@H](Cc1ccc(Oc2ccc(/C=C3\SC(=O)NC3=O)cc2)cc1)NCl. The first-order valence-electron chi connectivity index (χ1n) is 8.54. The Hall–Kier alpha value is -2.81. The average Bonchev–Trinajstić information content (AvgIpc) is 3.05. The fourth-order valence-electron chi connectivity index (χ4n) is 2.58. The smallest absolute Gasteiger partial charge is 0.324 e. The van der Waals surface area contributed by atoms with Crippen LogP contribution in [0, 0.1) is 0 Å². The van der Waals surface area contributed by atoms with Crippen LogP contribution in [-0.2, 0) is 20.7 Å². The Morgan fingerprint density at radius 2 is 1.76 bits per heavy atom. The van der Waals surface area contributed by atoms with Crippen LogP contribution >= 0.6 is 23.5 Å². The van der Waals surface area contributed by atoms with Gasteiger partial charge in [0.25, 0.3) is 11.1 Å². The first-order chi connectivity index (χ1) is 14.0. The van der Waals surface area contributed by atoms with Gasteiger partial charge in [0.15, 0.2) is 0 Å². The van der Waals surface area contributed by atoms with Gasteiger partial charge in [-0.2, -0.15) is 0 Å². The number of hydrogen-bond acceptors (Lipinski definition) is 7. The molecule has 0 radical (unpaired) electrons. The molecule has 7 nitrogen and oxygen atoms in total. The van der Waals surface area contributed by atoms with Gasteiger partial charge in [0.05, 0.1) is 12.0 Å². The van der Waals surface area contributed by atoms with Crippen LogP contribution in [0.1, 0.15) is 11.1 Å². The van der Waals surface area contributed by atoms with Gasteiger partial charge in [-0.25, -0.2) is 4.84 Å². The molecule has 9 heteroatoms. The molecule has 1 saturated heterocycles. The van der Waals surface area contributed by atoms with Crippen LogP contribution in [0.5, 0.6) is 11.5 Å². The quantitative estimate of drug-likeness (QED) is 0.392. The number of ether oxygens (including phenoxy) is 2. The maximum atomic E-state index is 11.6. The first-order valence-corrected chi connectivity index (χ1v) is 9.73. The largest absolute Gasteiger partial charge is 0.468 e. The van der Waals surface area contributed by atoms with E-state index in [-0.39, 0.29) is 11.1 Å². The van der Waals surface area contributed by atoms with Crippen LogP contribution in [0.15, 0.2) is 53.4 Å². The second-order valence-electron chi connectivity index (χ2n) is 6.06. The summed E-state index contributed by atoms with van der Waals surface area (Å²) < 4.78 is 10.5. The maximum absolute atomic E-state index is 11.6. The Morgan fingerprint density at radius 1 is 1.14 bits per heavy atom. The highest BCUT2D eigenvalue weighted by atomic mass is 35.5. The van der Waals surface area contributed by atoms with E-state index in [2.05, 4.69) is 14.9 Å². The van der Waals surface area contributed by atoms with Gasteiger partial charge < -0.3 is 9.47 Å². The molecule has 2 aromatic rings. The van der Waals surface area contributed by atoms with Gasteiger partial charge in [0, 0.05) is 0 Å². The summed E-state index contributed by atoms with van der Waals surface area (Å²) in [4.78, 5) is 37.1. The Kier molecular flexibility index (Phi) is 6.92. The molecule has 0 bridgehead atoms. The van der Waals surface area contributed by atoms with E-state index in [4.69, 9.17) is 16.5 Å². The van der Waals surface area contributed by atoms with Gasteiger partial charge in [-0.15, -0.1) is 0 Å². The molecular weight excluding hydrogens is 416 g/mol. The molecule has 150 valence electrons. The number of carbonyl (C=O) groups excluding carboxylic acids is 3. The van der Waals surface area contributed by atoms with E-state index in [9.17, 15) is 14.4 Å². The van der Waals surface area contributed by atoms with E-state index in [1.165, 1.54) is 7.11 Å². The van der Waals surface area contributed by atoms with Gasteiger partial charge in [0.2, 0.25) is 0 Å². The molecule has 2 N–H and O–H groups in total. The van der Waals surface area contributed by atoms with E-state index >= 15 is 0 Å². The van der Waals surface area contributed by atoms with Crippen molar-refractivity contribution in [3.8, 4) is 11.5 Å². The summed E-state index contributed by atoms with van der Waals surface area (Å²) in [6.07, 6.45) is 2.03. The fraction of sp³-hybridized carbons (Fsp3) is 0.150. The summed E-state index contributed by atoms with van der Waals surface area (Å²) in [5.74, 6) is 0.423. The molecule has 3 rings (SSSR count). The molecule has 0 spiro atoms. The van der Waals surface area contributed by atoms with Crippen molar-refractivity contribution in [2.45, 2.75) is 12.5 Å². The third kappa shape index (κ3) is 5.60. The number of hydrogen-bond donors (Lipinski definition) is 2. The second kappa shape index (κ2) is 9.60. The van der Waals surface area contributed by atoms with E-state index in [1.54, 1.807) is 42.5 Å². The van der Waals surface area contributed by atoms with Crippen LogP contribution in [0.3, 0.4) is 0 Å². The van der Waals surface area contributed by atoms with Crippen molar-refractivity contribution in [2.75, 3.05) is 7.11 Å². The van der Waals surface area contributed by atoms with Crippen LogP contribution in [-0.4, -0.2) is 30.3 Å². The summed E-state index contributed by atoms with van der Waals surface area (Å²) in [6.45, 7) is 0. The van der Waals surface area contributed by atoms with Crippen molar-refractivity contribution in [1.82, 2.24) is 10.2 Å². The lowest BCUT2D eigenvalue weighted by Gasteiger charge is -2.12. The molecule has 2 amide bonds. The van der Waals surface area contributed by atoms with E-state index < -0.39 is 12.0 Å². The summed E-state index contributed by atoms with van der Waals surface area (Å²) in [7, 11) is 1.31. The topological polar surface area (TPSA) is 93.7 Å². The lowest BCUT2D eigenvalue weighted by Crippen LogP contribution is -2.33. The fourth-order valence-corrected chi connectivity index (χ4v) is 3.43. The number of thioether (sulfide) groups is 1. The number of benzene rings is 2. The standard InChI is InChI=1S/C20H17ClN2O5S/c1-27-19(25)16(23-21)10-12-2-6-14(7-3-12)28-15-8-4-13(5-9-15)11-17-18(24)22-20(26)29-17/h2-9,11,16,23H,10H2,1H3,(H,22,24,26)/b17-11-/t16-/m0/s1. The Morgan fingerprint density at radius 3 is 2.28 bits per heavy atom. The van der Waals surface area contributed by atoms with Gasteiger partial charge in [0.1, 0.15) is 17.5 Å². The highest BCUT2D eigenvalue weighted by Crippen LogP contribution is 2.27. The number of methoxy groups -OCH3 is 1. The number of halogens is 1. The van der Waals surface area contributed by atoms with Crippen molar-refractivity contribution in [1.29, 1.82) is 0 Å². The predicted octanol–water partition coefficient (Wildman–Crippen LogP) is 3.63. The van der Waals surface area contributed by atoms with Crippen LogP contribution < -0.4 is 14.9 Å². The van der Waals surface area contributed by atoms with Gasteiger partial charge in [-0.3, -0.25) is 19.7 Å². The van der Waals surface area contributed by atoms with Crippen molar-refractivity contribution in [3.05, 3.63) is 64.6 Å². The Balaban J connectivity index is 1.62.